The fourth-order valence-corrected chi connectivity index (χ4v) is 5.80. The molecule has 0 N–H and O–H groups in total. The van der Waals surface area contributed by atoms with Crippen molar-refractivity contribution < 1.29 is 27.1 Å². The van der Waals surface area contributed by atoms with Crippen molar-refractivity contribution >= 4 is 33.0 Å². The van der Waals surface area contributed by atoms with Crippen LogP contribution in [0, 0.1) is 13.8 Å². The van der Waals surface area contributed by atoms with Crippen LogP contribution in [0.25, 0.3) is 0 Å². The molecule has 0 aliphatic heterocycles. The lowest BCUT2D eigenvalue weighted by Crippen LogP contribution is -2.36. The molecule has 0 radical (unpaired) electrons. The van der Waals surface area contributed by atoms with E-state index < -0.39 is 22.2 Å². The highest BCUT2D eigenvalue weighted by Crippen LogP contribution is 2.36. The maximum atomic E-state index is 14.1. The maximum absolute atomic E-state index is 14.1. The third kappa shape index (κ3) is 5.69. The summed E-state index contributed by atoms with van der Waals surface area (Å²) >= 11 is 0.991. The molecule has 2 aromatic carbocycles. The molecular formula is C23H25FN2O5S2. The number of alkyl halides is 1. The van der Waals surface area contributed by atoms with Crippen LogP contribution < -0.4 is 9.04 Å². The van der Waals surface area contributed by atoms with Crippen molar-refractivity contribution in [2.24, 2.45) is 0 Å². The number of anilines is 1. The minimum absolute atomic E-state index is 0.105. The Hall–Kier alpha value is -2.98. The Kier molecular flexibility index (Phi) is 7.70. The molecule has 0 fully saturated rings. The van der Waals surface area contributed by atoms with Gasteiger partial charge in [-0.05, 0) is 50.1 Å². The first-order valence-corrected chi connectivity index (χ1v) is 12.4. The van der Waals surface area contributed by atoms with Crippen molar-refractivity contribution in [3.05, 3.63) is 70.2 Å². The molecule has 176 valence electrons. The Bertz CT molecular complexity index is 1220. The molecule has 0 amide bonds. The van der Waals surface area contributed by atoms with E-state index in [1.165, 1.54) is 14.0 Å². The zero-order valence-electron chi connectivity index (χ0n) is 18.7. The molecular weight excluding hydrogens is 467 g/mol. The van der Waals surface area contributed by atoms with Gasteiger partial charge >= 0.3 is 5.97 Å². The van der Waals surface area contributed by atoms with Crippen LogP contribution in [0.5, 0.6) is 5.75 Å². The van der Waals surface area contributed by atoms with Crippen LogP contribution in [-0.2, 0) is 21.4 Å². The summed E-state index contributed by atoms with van der Waals surface area (Å²) in [6.45, 7) is 4.53. The van der Waals surface area contributed by atoms with Crippen molar-refractivity contribution in [1.82, 2.24) is 4.98 Å². The van der Waals surface area contributed by atoms with Gasteiger partial charge in [-0.15, -0.1) is 11.3 Å². The Balaban J connectivity index is 1.95. The van der Waals surface area contributed by atoms with Gasteiger partial charge in [0.1, 0.15) is 18.5 Å². The van der Waals surface area contributed by atoms with Gasteiger partial charge < -0.3 is 9.47 Å². The second kappa shape index (κ2) is 10.3. The monoisotopic (exact) mass is 492 g/mol. The molecule has 0 spiro atoms. The molecule has 0 bridgehead atoms. The summed E-state index contributed by atoms with van der Waals surface area (Å²) < 4.78 is 52.4. The van der Waals surface area contributed by atoms with Gasteiger partial charge in [0.2, 0.25) is 4.34 Å². The maximum Gasteiger partial charge on any atom is 0.337 e. The second-order valence-corrected chi connectivity index (χ2v) is 10.4. The second-order valence-electron chi connectivity index (χ2n) is 7.47. The number of sulfonamides is 1. The number of aromatic nitrogens is 1. The zero-order valence-corrected chi connectivity index (χ0v) is 20.4. The van der Waals surface area contributed by atoms with Crippen LogP contribution in [0.15, 0.2) is 52.2 Å². The largest absolute Gasteiger partial charge is 0.486 e. The van der Waals surface area contributed by atoms with E-state index in [1.807, 2.05) is 0 Å². The summed E-state index contributed by atoms with van der Waals surface area (Å²) in [6.07, 6.45) is -1.42. The number of para-hydroxylation sites is 1. The number of carbonyl (C=O) groups is 1. The van der Waals surface area contributed by atoms with Gasteiger partial charge in [0, 0.05) is 11.1 Å². The third-order valence-electron chi connectivity index (χ3n) is 4.74. The predicted molar refractivity (Wildman–Crippen MR) is 125 cm³/mol. The van der Waals surface area contributed by atoms with Gasteiger partial charge in [-0.25, -0.2) is 14.2 Å². The molecule has 10 heteroatoms. The Morgan fingerprint density at radius 2 is 1.88 bits per heavy atom. The van der Waals surface area contributed by atoms with Gasteiger partial charge in [0.15, 0.2) is 0 Å². The fourth-order valence-electron chi connectivity index (χ4n) is 3.13. The minimum atomic E-state index is -4.10. The van der Waals surface area contributed by atoms with Crippen molar-refractivity contribution in [3.63, 3.8) is 0 Å². The minimum Gasteiger partial charge on any atom is -0.486 e. The number of halogens is 1. The van der Waals surface area contributed by atoms with E-state index in [9.17, 15) is 17.6 Å². The molecule has 1 aromatic heterocycles. The van der Waals surface area contributed by atoms with Crippen LogP contribution >= 0.6 is 11.3 Å². The third-order valence-corrected chi connectivity index (χ3v) is 7.88. The molecule has 0 aliphatic rings. The lowest BCUT2D eigenvalue weighted by atomic mass is 10.1. The van der Waals surface area contributed by atoms with Crippen LogP contribution in [0.3, 0.4) is 0 Å². The van der Waals surface area contributed by atoms with E-state index >= 15 is 0 Å². The SMILES string of the molecule is COC(=O)c1ccc(COc2c(C)cccc2N(CC(C)F)S(=O)(=O)c2nc(C)cs2)cc1. The van der Waals surface area contributed by atoms with Crippen molar-refractivity contribution in [2.75, 3.05) is 18.0 Å². The number of methoxy groups -OCH3 is 1. The normalized spacial score (nSPS) is 12.3. The lowest BCUT2D eigenvalue weighted by molar-refractivity contribution is 0.0600. The van der Waals surface area contributed by atoms with E-state index in [0.717, 1.165) is 21.2 Å². The summed E-state index contributed by atoms with van der Waals surface area (Å²) in [5.74, 6) is -0.116. The van der Waals surface area contributed by atoms with Crippen LogP contribution in [0.1, 0.15) is 34.1 Å². The van der Waals surface area contributed by atoms with Gasteiger partial charge in [-0.2, -0.15) is 8.42 Å². The van der Waals surface area contributed by atoms with E-state index in [2.05, 4.69) is 4.98 Å². The van der Waals surface area contributed by atoms with Crippen LogP contribution in [0.4, 0.5) is 10.1 Å². The summed E-state index contributed by atoms with van der Waals surface area (Å²) in [7, 11) is -2.79. The number of esters is 1. The number of nitrogens with zero attached hydrogens (tertiary/aromatic N) is 2. The highest BCUT2D eigenvalue weighted by atomic mass is 32.2. The summed E-state index contributed by atoms with van der Waals surface area (Å²) in [5.41, 5.74) is 2.67. The quantitative estimate of drug-likeness (QED) is 0.403. The van der Waals surface area contributed by atoms with E-state index in [0.29, 0.717) is 22.6 Å². The molecule has 1 atom stereocenters. The van der Waals surface area contributed by atoms with E-state index in [-0.39, 0.29) is 23.2 Å². The van der Waals surface area contributed by atoms with Gasteiger partial charge in [-0.3, -0.25) is 4.31 Å². The smallest absolute Gasteiger partial charge is 0.337 e. The average Bonchev–Trinajstić information content (AvgIpc) is 3.23. The highest BCUT2D eigenvalue weighted by Gasteiger charge is 2.31. The molecule has 0 aliphatic carbocycles. The fraction of sp³-hybridized carbons (Fsp3) is 0.304. The summed E-state index contributed by atoms with van der Waals surface area (Å²) in [4.78, 5) is 15.7. The number of rotatable bonds is 9. The van der Waals surface area contributed by atoms with Gasteiger partial charge in [0.25, 0.3) is 10.0 Å². The lowest BCUT2D eigenvalue weighted by Gasteiger charge is -2.26. The molecule has 3 aromatic rings. The Labute approximate surface area is 196 Å². The molecule has 1 unspecified atom stereocenters. The average molecular weight is 493 g/mol. The predicted octanol–water partition coefficient (Wildman–Crippen LogP) is 4.68. The Morgan fingerprint density at radius 1 is 1.18 bits per heavy atom. The molecule has 7 nitrogen and oxygen atoms in total. The van der Waals surface area contributed by atoms with Gasteiger partial charge in [0.05, 0.1) is 24.9 Å². The van der Waals surface area contributed by atoms with Crippen molar-refractivity contribution in [1.29, 1.82) is 0 Å². The van der Waals surface area contributed by atoms with E-state index in [1.54, 1.807) is 61.7 Å². The number of hydrogen-bond donors (Lipinski definition) is 0. The first-order chi connectivity index (χ1) is 15.6. The van der Waals surface area contributed by atoms with E-state index in [4.69, 9.17) is 9.47 Å². The van der Waals surface area contributed by atoms with Crippen molar-refractivity contribution in [3.8, 4) is 5.75 Å². The van der Waals surface area contributed by atoms with Crippen molar-refractivity contribution in [2.45, 2.75) is 37.9 Å². The number of thiazole rings is 1. The number of ether oxygens (including phenoxy) is 2. The van der Waals surface area contributed by atoms with Crippen LogP contribution in [0.2, 0.25) is 0 Å². The molecule has 1 heterocycles. The topological polar surface area (TPSA) is 85.8 Å². The van der Waals surface area contributed by atoms with Crippen LogP contribution in [-0.4, -0.2) is 39.2 Å². The highest BCUT2D eigenvalue weighted by molar-refractivity contribution is 7.94. The van der Waals surface area contributed by atoms with Gasteiger partial charge in [-0.1, -0.05) is 24.3 Å². The molecule has 0 saturated heterocycles. The number of benzene rings is 2. The molecule has 33 heavy (non-hydrogen) atoms. The Morgan fingerprint density at radius 3 is 2.45 bits per heavy atom. The summed E-state index contributed by atoms with van der Waals surface area (Å²) in [6, 6.07) is 11.8. The standard InChI is InChI=1S/C23H25FN2O5S2/c1-15-6-5-7-20(21(15)31-13-18-8-10-19(11-9-18)22(27)30-4)26(12-16(2)24)33(28,29)23-25-17(3)14-32-23/h5-11,14,16H,12-13H2,1-4H3. The molecule has 3 rings (SSSR count). The first kappa shape index (κ1) is 24.7. The molecule has 0 saturated carbocycles. The number of aryl methyl sites for hydroxylation is 2. The number of hydrogen-bond acceptors (Lipinski definition) is 7. The zero-order chi connectivity index (χ0) is 24.2. The first-order valence-electron chi connectivity index (χ1n) is 10.1. The summed E-state index contributed by atoms with van der Waals surface area (Å²) in [5, 5.41) is 1.63. The number of carbonyl (C=O) groups excluding carboxylic acids is 1.